The van der Waals surface area contributed by atoms with Crippen LogP contribution in [0.25, 0.3) is 0 Å². The molecule has 4 rings (SSSR count). The number of benzene rings is 4. The van der Waals surface area contributed by atoms with E-state index in [1.807, 2.05) is 49.4 Å². The molecule has 42 heavy (non-hydrogen) atoms. The largest absolute Gasteiger partial charge is 0.357 e. The van der Waals surface area contributed by atoms with Crippen LogP contribution in [0.5, 0.6) is 0 Å². The molecule has 0 heterocycles. The lowest BCUT2D eigenvalue weighted by Gasteiger charge is -2.34. The number of anilines is 1. The molecule has 7 nitrogen and oxygen atoms in total. The maximum absolute atomic E-state index is 14.4. The third kappa shape index (κ3) is 7.19. The molecule has 0 aliphatic rings. The third-order valence-electron chi connectivity index (χ3n) is 7.06. The Morgan fingerprint density at radius 3 is 2.12 bits per heavy atom. The van der Waals surface area contributed by atoms with Crippen molar-refractivity contribution in [2.24, 2.45) is 0 Å². The van der Waals surface area contributed by atoms with Crippen LogP contribution in [0.15, 0.2) is 108 Å². The second kappa shape index (κ2) is 13.7. The van der Waals surface area contributed by atoms with Crippen LogP contribution in [0.4, 0.5) is 5.69 Å². The molecule has 0 saturated heterocycles. The average molecular weight is 604 g/mol. The second-order valence-electron chi connectivity index (χ2n) is 10.0. The Hall–Kier alpha value is -4.14. The maximum Gasteiger partial charge on any atom is 0.264 e. The summed E-state index contributed by atoms with van der Waals surface area (Å²) in [4.78, 5) is 29.2. The van der Waals surface area contributed by atoms with Gasteiger partial charge in [0.2, 0.25) is 11.8 Å². The monoisotopic (exact) mass is 603 g/mol. The van der Waals surface area contributed by atoms with Crippen molar-refractivity contribution in [1.82, 2.24) is 10.2 Å². The van der Waals surface area contributed by atoms with Crippen LogP contribution in [-0.4, -0.2) is 44.8 Å². The summed E-state index contributed by atoms with van der Waals surface area (Å²) in [7, 11) is -2.64. The molecule has 2 amide bonds. The zero-order valence-electron chi connectivity index (χ0n) is 23.8. The van der Waals surface area contributed by atoms with E-state index in [4.69, 9.17) is 11.6 Å². The summed E-state index contributed by atoms with van der Waals surface area (Å²) in [6.07, 6.45) is 0.228. The van der Waals surface area contributed by atoms with E-state index in [9.17, 15) is 18.0 Å². The Balaban J connectivity index is 1.82. The highest BCUT2D eigenvalue weighted by Gasteiger charge is 2.35. The fourth-order valence-electron chi connectivity index (χ4n) is 4.75. The van der Waals surface area contributed by atoms with Crippen molar-refractivity contribution in [3.8, 4) is 0 Å². The molecule has 4 aromatic rings. The minimum Gasteiger partial charge on any atom is -0.357 e. The molecule has 1 atom stereocenters. The molecule has 0 spiro atoms. The Morgan fingerprint density at radius 1 is 0.857 bits per heavy atom. The van der Waals surface area contributed by atoms with Gasteiger partial charge in [-0.3, -0.25) is 13.9 Å². The van der Waals surface area contributed by atoms with E-state index in [0.717, 1.165) is 15.4 Å². The molecule has 0 radical (unpaired) electrons. The van der Waals surface area contributed by atoms with Crippen LogP contribution in [0, 0.1) is 13.8 Å². The topological polar surface area (TPSA) is 86.8 Å². The van der Waals surface area contributed by atoms with E-state index >= 15 is 0 Å². The van der Waals surface area contributed by atoms with E-state index in [1.165, 1.54) is 24.1 Å². The fourth-order valence-corrected chi connectivity index (χ4v) is 6.44. The molecule has 9 heteroatoms. The first-order valence-corrected chi connectivity index (χ1v) is 15.4. The van der Waals surface area contributed by atoms with E-state index in [1.54, 1.807) is 55.5 Å². The third-order valence-corrected chi connectivity index (χ3v) is 9.20. The summed E-state index contributed by atoms with van der Waals surface area (Å²) in [5.41, 5.74) is 3.42. The number of rotatable bonds is 11. The molecule has 0 unspecified atom stereocenters. The highest BCUT2D eigenvalue weighted by Crippen LogP contribution is 2.29. The van der Waals surface area contributed by atoms with E-state index < -0.39 is 28.5 Å². The van der Waals surface area contributed by atoms with Crippen molar-refractivity contribution >= 4 is 39.1 Å². The van der Waals surface area contributed by atoms with Gasteiger partial charge in [0.1, 0.15) is 12.6 Å². The Morgan fingerprint density at radius 2 is 1.48 bits per heavy atom. The first kappa shape index (κ1) is 30.8. The van der Waals surface area contributed by atoms with Gasteiger partial charge in [0, 0.05) is 25.0 Å². The number of hydrogen-bond acceptors (Lipinski definition) is 4. The van der Waals surface area contributed by atoms with Crippen LogP contribution in [-0.2, 0) is 32.6 Å². The minimum atomic E-state index is -4.15. The summed E-state index contributed by atoms with van der Waals surface area (Å²) in [5, 5.41) is 3.12. The first-order valence-electron chi connectivity index (χ1n) is 13.5. The number of hydrogen-bond donors (Lipinski definition) is 1. The molecule has 0 aliphatic heterocycles. The molecule has 218 valence electrons. The summed E-state index contributed by atoms with van der Waals surface area (Å²) >= 11 is 6.50. The Labute approximate surface area is 252 Å². The number of aryl methyl sites for hydroxylation is 2. The van der Waals surface area contributed by atoms with Crippen LogP contribution >= 0.6 is 11.6 Å². The van der Waals surface area contributed by atoms with Gasteiger partial charge in [0.15, 0.2) is 0 Å². The van der Waals surface area contributed by atoms with Crippen LogP contribution in [0.1, 0.15) is 22.3 Å². The van der Waals surface area contributed by atoms with E-state index in [2.05, 4.69) is 5.32 Å². The van der Waals surface area contributed by atoms with E-state index in [0.29, 0.717) is 21.8 Å². The van der Waals surface area contributed by atoms with Gasteiger partial charge in [-0.05, 0) is 60.4 Å². The summed E-state index contributed by atoms with van der Waals surface area (Å²) in [6.45, 7) is 3.16. The van der Waals surface area contributed by atoms with Crippen molar-refractivity contribution in [3.05, 3.63) is 130 Å². The number of likely N-dealkylation sites (N-methyl/N-ethyl adjacent to an activating group) is 1. The van der Waals surface area contributed by atoms with E-state index in [-0.39, 0.29) is 23.8 Å². The lowest BCUT2D eigenvalue weighted by molar-refractivity contribution is -0.139. The molecule has 0 fully saturated rings. The van der Waals surface area contributed by atoms with Crippen molar-refractivity contribution < 1.29 is 18.0 Å². The smallest absolute Gasteiger partial charge is 0.264 e. The molecular formula is C33H34ClN3O4S. The van der Waals surface area contributed by atoms with Gasteiger partial charge in [0.25, 0.3) is 10.0 Å². The van der Waals surface area contributed by atoms with Crippen LogP contribution < -0.4 is 9.62 Å². The first-order chi connectivity index (χ1) is 20.1. The summed E-state index contributed by atoms with van der Waals surface area (Å²) in [6, 6.07) is 29.0. The standard InChI is InChI=1S/C33H34ClN3O4S/c1-24-18-19-25(2)30(20-24)37(42(40,41)28-15-8-5-9-16-28)23-32(38)36(22-27-14-10-11-17-29(27)34)31(33(39)35-3)21-26-12-6-4-7-13-26/h4-20,31H,21-23H2,1-3H3,(H,35,39)/t31-/m0/s1. The van der Waals surface area contributed by atoms with Crippen molar-refractivity contribution in [2.45, 2.75) is 37.8 Å². The van der Waals surface area contributed by atoms with Gasteiger partial charge in [-0.25, -0.2) is 8.42 Å². The number of carbonyl (C=O) groups excluding carboxylic acids is 2. The lowest BCUT2D eigenvalue weighted by Crippen LogP contribution is -2.53. The number of halogens is 1. The number of sulfonamides is 1. The molecule has 0 saturated carbocycles. The molecule has 0 bridgehead atoms. The zero-order chi connectivity index (χ0) is 30.3. The summed E-state index contributed by atoms with van der Waals surface area (Å²) < 4.78 is 29.3. The van der Waals surface area contributed by atoms with Crippen LogP contribution in [0.2, 0.25) is 5.02 Å². The molecule has 1 N–H and O–H groups in total. The highest BCUT2D eigenvalue weighted by atomic mass is 35.5. The normalized spacial score (nSPS) is 11.9. The number of carbonyl (C=O) groups is 2. The van der Waals surface area contributed by atoms with Gasteiger partial charge < -0.3 is 10.2 Å². The zero-order valence-corrected chi connectivity index (χ0v) is 25.4. The number of nitrogens with zero attached hydrogens (tertiary/aromatic N) is 2. The number of amides is 2. The maximum atomic E-state index is 14.4. The quantitative estimate of drug-likeness (QED) is 0.244. The predicted molar refractivity (Wildman–Crippen MR) is 167 cm³/mol. The predicted octanol–water partition coefficient (Wildman–Crippen LogP) is 5.54. The average Bonchev–Trinajstić information content (AvgIpc) is 3.00. The van der Waals surface area contributed by atoms with Gasteiger partial charge in [-0.15, -0.1) is 0 Å². The molecule has 0 aromatic heterocycles. The van der Waals surface area contributed by atoms with Crippen molar-refractivity contribution in [1.29, 1.82) is 0 Å². The highest BCUT2D eigenvalue weighted by molar-refractivity contribution is 7.92. The Kier molecular flexibility index (Phi) is 10.0. The van der Waals surface area contributed by atoms with Gasteiger partial charge >= 0.3 is 0 Å². The molecular weight excluding hydrogens is 570 g/mol. The van der Waals surface area contributed by atoms with Gasteiger partial charge in [-0.1, -0.05) is 90.5 Å². The summed E-state index contributed by atoms with van der Waals surface area (Å²) in [5.74, 6) is -0.914. The molecule has 0 aliphatic carbocycles. The second-order valence-corrected chi connectivity index (χ2v) is 12.3. The van der Waals surface area contributed by atoms with Gasteiger partial charge in [-0.2, -0.15) is 0 Å². The van der Waals surface area contributed by atoms with Gasteiger partial charge in [0.05, 0.1) is 10.6 Å². The lowest BCUT2D eigenvalue weighted by atomic mass is 10.0. The van der Waals surface area contributed by atoms with Crippen molar-refractivity contribution in [2.75, 3.05) is 17.9 Å². The van der Waals surface area contributed by atoms with Crippen molar-refractivity contribution in [3.63, 3.8) is 0 Å². The Bertz CT molecular complexity index is 1650. The fraction of sp³-hybridized carbons (Fsp3) is 0.212. The number of nitrogens with one attached hydrogen (secondary N) is 1. The van der Waals surface area contributed by atoms with Crippen LogP contribution in [0.3, 0.4) is 0 Å². The SMILES string of the molecule is CNC(=O)[C@H](Cc1ccccc1)N(Cc1ccccc1Cl)C(=O)CN(c1cc(C)ccc1C)S(=O)(=O)c1ccccc1. The molecule has 4 aromatic carbocycles. The minimum absolute atomic E-state index is 0.00938.